The predicted molar refractivity (Wildman–Crippen MR) is 166 cm³/mol. The van der Waals surface area contributed by atoms with Gasteiger partial charge in [0.2, 0.25) is 5.91 Å². The van der Waals surface area contributed by atoms with Crippen molar-refractivity contribution in [3.05, 3.63) is 72.9 Å². The Labute approximate surface area is 244 Å². The molecule has 7 heteroatoms. The van der Waals surface area contributed by atoms with Gasteiger partial charge in [0.25, 0.3) is 0 Å². The third kappa shape index (κ3) is 33.7. The van der Waals surface area contributed by atoms with E-state index in [1.54, 1.807) is 7.11 Å². The number of rotatable bonds is 29. The molecule has 7 nitrogen and oxygen atoms in total. The van der Waals surface area contributed by atoms with Crippen LogP contribution in [-0.4, -0.2) is 79.0 Å². The summed E-state index contributed by atoms with van der Waals surface area (Å²) in [5, 5.41) is 2.87. The molecule has 0 aliphatic carbocycles. The number of methoxy groups -OCH3 is 1. The van der Waals surface area contributed by atoms with Gasteiger partial charge in [0.15, 0.2) is 0 Å². The predicted octanol–water partition coefficient (Wildman–Crippen LogP) is 6.29. The molecule has 0 saturated heterocycles. The largest absolute Gasteiger partial charge is 0.382 e. The van der Waals surface area contributed by atoms with E-state index in [1.807, 2.05) is 0 Å². The van der Waals surface area contributed by atoms with Crippen LogP contribution in [0.4, 0.5) is 0 Å². The van der Waals surface area contributed by atoms with Gasteiger partial charge < -0.3 is 29.0 Å². The molecule has 0 rings (SSSR count). The quantitative estimate of drug-likeness (QED) is 0.0854. The minimum atomic E-state index is 0.0442. The Bertz CT molecular complexity index is 712. The highest BCUT2D eigenvalue weighted by atomic mass is 16.6. The maximum atomic E-state index is 11.9. The lowest BCUT2D eigenvalue weighted by Gasteiger charge is -2.08. The molecule has 0 bridgehead atoms. The summed E-state index contributed by atoms with van der Waals surface area (Å²) < 4.78 is 26.5. The summed E-state index contributed by atoms with van der Waals surface area (Å²) in [4.78, 5) is 11.9. The first-order chi connectivity index (χ1) is 19.8. The van der Waals surface area contributed by atoms with Gasteiger partial charge in [-0.2, -0.15) is 0 Å². The Morgan fingerprint density at radius 3 is 1.32 bits per heavy atom. The summed E-state index contributed by atoms with van der Waals surface area (Å²) in [6.45, 7) is 7.46. The molecule has 0 aromatic carbocycles. The lowest BCUT2D eigenvalue weighted by atomic mass is 10.2. The molecule has 40 heavy (non-hydrogen) atoms. The first-order valence-corrected chi connectivity index (χ1v) is 14.8. The highest BCUT2D eigenvalue weighted by Crippen LogP contribution is 1.98. The molecule has 0 saturated carbocycles. The van der Waals surface area contributed by atoms with Crippen LogP contribution in [0.25, 0.3) is 0 Å². The fourth-order valence-corrected chi connectivity index (χ4v) is 3.11. The van der Waals surface area contributed by atoms with Gasteiger partial charge in [-0.15, -0.1) is 0 Å². The minimum Gasteiger partial charge on any atom is -0.382 e. The highest BCUT2D eigenvalue weighted by Gasteiger charge is 1.98. The van der Waals surface area contributed by atoms with E-state index >= 15 is 0 Å². The van der Waals surface area contributed by atoms with Gasteiger partial charge in [-0.1, -0.05) is 79.8 Å². The summed E-state index contributed by atoms with van der Waals surface area (Å²) in [7, 11) is 1.65. The van der Waals surface area contributed by atoms with Gasteiger partial charge in [-0.25, -0.2) is 0 Å². The highest BCUT2D eigenvalue weighted by molar-refractivity contribution is 5.75. The molecule has 0 aliphatic heterocycles. The molecule has 228 valence electrons. The lowest BCUT2D eigenvalue weighted by molar-refractivity contribution is -0.121. The number of allylic oxidation sites excluding steroid dienone is 12. The van der Waals surface area contributed by atoms with Gasteiger partial charge >= 0.3 is 0 Å². The zero-order chi connectivity index (χ0) is 29.0. The third-order valence-electron chi connectivity index (χ3n) is 5.25. The summed E-state index contributed by atoms with van der Waals surface area (Å²) in [5.74, 6) is 0.0442. The van der Waals surface area contributed by atoms with Crippen molar-refractivity contribution < 1.29 is 28.5 Å². The number of hydrogen-bond donors (Lipinski definition) is 1. The van der Waals surface area contributed by atoms with E-state index in [2.05, 4.69) is 85.2 Å². The number of amides is 1. The van der Waals surface area contributed by atoms with Crippen LogP contribution in [0.3, 0.4) is 0 Å². The van der Waals surface area contributed by atoms with Crippen molar-refractivity contribution >= 4 is 5.91 Å². The first-order valence-electron chi connectivity index (χ1n) is 14.8. The number of carbonyl (C=O) groups is 1. The summed E-state index contributed by atoms with van der Waals surface area (Å²) in [6.07, 6.45) is 33.3. The Hall–Kier alpha value is -2.29. The van der Waals surface area contributed by atoms with Crippen LogP contribution in [0.2, 0.25) is 0 Å². The molecular formula is C33H55NO6. The van der Waals surface area contributed by atoms with Crippen molar-refractivity contribution in [2.45, 2.75) is 58.3 Å². The van der Waals surface area contributed by atoms with Crippen LogP contribution in [0, 0.1) is 0 Å². The van der Waals surface area contributed by atoms with E-state index in [0.29, 0.717) is 72.4 Å². The maximum Gasteiger partial charge on any atom is 0.220 e. The second-order valence-electron chi connectivity index (χ2n) is 8.75. The minimum absolute atomic E-state index is 0.0442. The molecule has 0 spiro atoms. The number of ether oxygens (including phenoxy) is 5. The maximum absolute atomic E-state index is 11.9. The second-order valence-corrected chi connectivity index (χ2v) is 8.75. The zero-order valence-electron chi connectivity index (χ0n) is 25.1. The third-order valence-corrected chi connectivity index (χ3v) is 5.25. The fourth-order valence-electron chi connectivity index (χ4n) is 3.11. The van der Waals surface area contributed by atoms with Crippen molar-refractivity contribution in [3.8, 4) is 0 Å². The van der Waals surface area contributed by atoms with Crippen molar-refractivity contribution in [2.24, 2.45) is 0 Å². The van der Waals surface area contributed by atoms with Gasteiger partial charge in [0, 0.05) is 20.1 Å². The SMILES string of the molecule is CC/C=C\C/C=C\C/C=C\C/C=C\C/C=C\C/C=C\CCC(=O)NCCOCCOCCOCCOCCOC. The monoisotopic (exact) mass is 561 g/mol. The van der Waals surface area contributed by atoms with E-state index in [1.165, 1.54) is 0 Å². The molecule has 0 unspecified atom stereocenters. The zero-order valence-corrected chi connectivity index (χ0v) is 25.1. The van der Waals surface area contributed by atoms with Gasteiger partial charge in [-0.05, 0) is 44.9 Å². The molecule has 0 aromatic heterocycles. The second kappa shape index (κ2) is 34.7. The van der Waals surface area contributed by atoms with Gasteiger partial charge in [-0.3, -0.25) is 4.79 Å². The lowest BCUT2D eigenvalue weighted by Crippen LogP contribution is -2.27. The smallest absolute Gasteiger partial charge is 0.220 e. The Kier molecular flexibility index (Phi) is 32.7. The normalized spacial score (nSPS) is 12.6. The van der Waals surface area contributed by atoms with E-state index in [4.69, 9.17) is 23.7 Å². The fraction of sp³-hybridized carbons (Fsp3) is 0.606. The average molecular weight is 562 g/mol. The molecule has 1 N–H and O–H groups in total. The van der Waals surface area contributed by atoms with Crippen LogP contribution in [0.15, 0.2) is 72.9 Å². The molecule has 0 aliphatic rings. The van der Waals surface area contributed by atoms with Crippen molar-refractivity contribution in [3.63, 3.8) is 0 Å². The topological polar surface area (TPSA) is 75.3 Å². The van der Waals surface area contributed by atoms with E-state index in [-0.39, 0.29) is 5.91 Å². The van der Waals surface area contributed by atoms with Crippen LogP contribution >= 0.6 is 0 Å². The number of nitrogens with one attached hydrogen (secondary N) is 1. The van der Waals surface area contributed by atoms with E-state index in [9.17, 15) is 4.79 Å². The first kappa shape index (κ1) is 37.7. The Morgan fingerprint density at radius 2 is 0.900 bits per heavy atom. The summed E-state index contributed by atoms with van der Waals surface area (Å²) >= 11 is 0. The molecule has 0 atom stereocenters. The van der Waals surface area contributed by atoms with Crippen LogP contribution < -0.4 is 5.32 Å². The van der Waals surface area contributed by atoms with E-state index < -0.39 is 0 Å². The Balaban J connectivity index is 3.42. The number of hydrogen-bond acceptors (Lipinski definition) is 6. The molecular weight excluding hydrogens is 506 g/mol. The van der Waals surface area contributed by atoms with Crippen molar-refractivity contribution in [2.75, 3.05) is 73.1 Å². The van der Waals surface area contributed by atoms with E-state index in [0.717, 1.165) is 44.9 Å². The van der Waals surface area contributed by atoms with Gasteiger partial charge in [0.1, 0.15) is 0 Å². The van der Waals surface area contributed by atoms with Gasteiger partial charge in [0.05, 0.1) is 59.5 Å². The average Bonchev–Trinajstić information content (AvgIpc) is 2.96. The van der Waals surface area contributed by atoms with Crippen LogP contribution in [0.5, 0.6) is 0 Å². The molecule has 0 fully saturated rings. The summed E-state index contributed by atoms with van der Waals surface area (Å²) in [6, 6.07) is 0. The van der Waals surface area contributed by atoms with Crippen LogP contribution in [0.1, 0.15) is 58.3 Å². The Morgan fingerprint density at radius 1 is 0.525 bits per heavy atom. The van der Waals surface area contributed by atoms with Crippen molar-refractivity contribution in [1.82, 2.24) is 5.32 Å². The molecule has 0 heterocycles. The molecule has 0 radical (unpaired) electrons. The molecule has 0 aromatic rings. The molecule has 1 amide bonds. The number of carbonyl (C=O) groups excluding carboxylic acids is 1. The van der Waals surface area contributed by atoms with Crippen molar-refractivity contribution in [1.29, 1.82) is 0 Å². The van der Waals surface area contributed by atoms with Crippen LogP contribution in [-0.2, 0) is 28.5 Å². The summed E-state index contributed by atoms with van der Waals surface area (Å²) in [5.41, 5.74) is 0. The standard InChI is InChI=1S/C33H55NO6/c1-3-4-5-6-7-8-9-10-11-12-13-14-15-16-17-18-19-20-21-22-33(35)34-23-24-37-27-28-39-31-32-40-30-29-38-26-25-36-2/h4-5,7-8,10-11,13-14,16-17,19-20H,3,6,9,12,15,18,21-32H2,1-2H3,(H,34,35)/b5-4-,8-7-,11-10-,14-13-,17-16-,20-19-.